The molecule has 0 aliphatic heterocycles. The normalized spacial score (nSPS) is 18.8. The minimum atomic E-state index is -3.65. The van der Waals surface area contributed by atoms with E-state index in [-0.39, 0.29) is 4.90 Å². The van der Waals surface area contributed by atoms with Crippen LogP contribution in [0.2, 0.25) is 0 Å². The lowest BCUT2D eigenvalue weighted by atomic mass is 10.0. The number of pyridine rings is 1. The summed E-state index contributed by atoms with van der Waals surface area (Å²) in [6.07, 6.45) is 5.69. The summed E-state index contributed by atoms with van der Waals surface area (Å²) >= 11 is 0. The van der Waals surface area contributed by atoms with Crippen LogP contribution in [0.5, 0.6) is 0 Å². The van der Waals surface area contributed by atoms with Crippen molar-refractivity contribution in [3.8, 4) is 6.07 Å². The third kappa shape index (κ3) is 2.46. The zero-order chi connectivity index (χ0) is 12.4. The van der Waals surface area contributed by atoms with Crippen molar-refractivity contribution in [3.63, 3.8) is 0 Å². The van der Waals surface area contributed by atoms with Crippen LogP contribution in [0.1, 0.15) is 25.7 Å². The van der Waals surface area contributed by atoms with Gasteiger partial charge in [-0.15, -0.1) is 0 Å². The van der Waals surface area contributed by atoms with Crippen LogP contribution < -0.4 is 4.72 Å². The molecule has 1 aromatic heterocycles. The highest BCUT2D eigenvalue weighted by molar-refractivity contribution is 7.89. The molecule has 6 heteroatoms. The molecular weight excluding hydrogens is 238 g/mol. The Morgan fingerprint density at radius 1 is 1.41 bits per heavy atom. The van der Waals surface area contributed by atoms with E-state index in [2.05, 4.69) is 15.8 Å². The zero-order valence-corrected chi connectivity index (χ0v) is 10.1. The molecule has 1 aliphatic rings. The van der Waals surface area contributed by atoms with Crippen molar-refractivity contribution in [2.75, 3.05) is 0 Å². The third-order valence-corrected chi connectivity index (χ3v) is 4.47. The number of rotatable bonds is 3. The molecule has 0 amide bonds. The number of sulfonamides is 1. The van der Waals surface area contributed by atoms with Gasteiger partial charge in [0.25, 0.3) is 0 Å². The molecule has 1 aliphatic carbocycles. The molecule has 1 aromatic rings. The SMILES string of the molecule is N#CC1(NS(=O)(=O)c2cccnc2)CCCC1. The fraction of sp³-hybridized carbons (Fsp3) is 0.455. The van der Waals surface area contributed by atoms with Gasteiger partial charge in [-0.3, -0.25) is 4.98 Å². The first-order chi connectivity index (χ1) is 8.08. The molecule has 1 fully saturated rings. The van der Waals surface area contributed by atoms with Gasteiger partial charge in [-0.25, -0.2) is 8.42 Å². The topological polar surface area (TPSA) is 82.9 Å². The van der Waals surface area contributed by atoms with E-state index in [1.165, 1.54) is 18.5 Å². The molecule has 0 atom stereocenters. The fourth-order valence-corrected chi connectivity index (χ4v) is 3.38. The fourth-order valence-electron chi connectivity index (χ4n) is 2.04. The van der Waals surface area contributed by atoms with Crippen LogP contribution in [0.25, 0.3) is 0 Å². The van der Waals surface area contributed by atoms with Crippen molar-refractivity contribution in [2.24, 2.45) is 0 Å². The Balaban J connectivity index is 2.27. The maximum atomic E-state index is 12.1. The second kappa shape index (κ2) is 4.43. The van der Waals surface area contributed by atoms with Gasteiger partial charge in [-0.2, -0.15) is 9.98 Å². The van der Waals surface area contributed by atoms with Gasteiger partial charge in [0.1, 0.15) is 10.4 Å². The largest absolute Gasteiger partial charge is 0.263 e. The Morgan fingerprint density at radius 3 is 2.65 bits per heavy atom. The van der Waals surface area contributed by atoms with Crippen LogP contribution in [0, 0.1) is 11.3 Å². The average Bonchev–Trinajstić information content (AvgIpc) is 2.79. The molecule has 1 heterocycles. The molecule has 0 aromatic carbocycles. The third-order valence-electron chi connectivity index (χ3n) is 2.95. The van der Waals surface area contributed by atoms with Gasteiger partial charge in [0.05, 0.1) is 6.07 Å². The molecule has 0 radical (unpaired) electrons. The smallest absolute Gasteiger partial charge is 0.243 e. The Hall–Kier alpha value is -1.45. The van der Waals surface area contributed by atoms with Crippen molar-refractivity contribution in [1.82, 2.24) is 9.71 Å². The molecule has 1 saturated carbocycles. The highest BCUT2D eigenvalue weighted by atomic mass is 32.2. The lowest BCUT2D eigenvalue weighted by molar-refractivity contribution is 0.485. The molecule has 0 saturated heterocycles. The molecule has 17 heavy (non-hydrogen) atoms. The van der Waals surface area contributed by atoms with Crippen LogP contribution in [0.4, 0.5) is 0 Å². The van der Waals surface area contributed by atoms with Gasteiger partial charge in [0, 0.05) is 12.4 Å². The Bertz CT molecular complexity index is 528. The van der Waals surface area contributed by atoms with Gasteiger partial charge in [0.2, 0.25) is 10.0 Å². The van der Waals surface area contributed by atoms with Crippen molar-refractivity contribution in [2.45, 2.75) is 36.1 Å². The molecule has 90 valence electrons. The molecule has 0 unspecified atom stereocenters. The van der Waals surface area contributed by atoms with Gasteiger partial charge in [-0.1, -0.05) is 12.8 Å². The standard InChI is InChI=1S/C11H13N3O2S/c12-9-11(5-1-2-6-11)14-17(15,16)10-4-3-7-13-8-10/h3-4,7-8,14H,1-2,5-6H2. The van der Waals surface area contributed by atoms with Crippen molar-refractivity contribution >= 4 is 10.0 Å². The van der Waals surface area contributed by atoms with E-state index >= 15 is 0 Å². The Morgan fingerprint density at radius 2 is 2.12 bits per heavy atom. The summed E-state index contributed by atoms with van der Waals surface area (Å²) < 4.78 is 26.6. The van der Waals surface area contributed by atoms with Gasteiger partial charge in [0.15, 0.2) is 0 Å². The molecule has 0 spiro atoms. The predicted octanol–water partition coefficient (Wildman–Crippen LogP) is 1.20. The van der Waals surface area contributed by atoms with Crippen molar-refractivity contribution < 1.29 is 8.42 Å². The minimum absolute atomic E-state index is 0.0986. The predicted molar refractivity (Wildman–Crippen MR) is 61.4 cm³/mol. The quantitative estimate of drug-likeness (QED) is 0.874. The maximum Gasteiger partial charge on any atom is 0.243 e. The monoisotopic (exact) mass is 251 g/mol. The van der Waals surface area contributed by atoms with E-state index in [4.69, 9.17) is 5.26 Å². The van der Waals surface area contributed by atoms with Gasteiger partial charge in [-0.05, 0) is 25.0 Å². The second-order valence-electron chi connectivity index (χ2n) is 4.20. The summed E-state index contributed by atoms with van der Waals surface area (Å²) in [6.45, 7) is 0. The number of nitrogens with one attached hydrogen (secondary N) is 1. The van der Waals surface area contributed by atoms with E-state index < -0.39 is 15.6 Å². The van der Waals surface area contributed by atoms with E-state index in [1.807, 2.05) is 0 Å². The lowest BCUT2D eigenvalue weighted by Gasteiger charge is -2.21. The summed E-state index contributed by atoms with van der Waals surface area (Å²) in [6, 6.07) is 5.12. The van der Waals surface area contributed by atoms with Crippen molar-refractivity contribution in [3.05, 3.63) is 24.5 Å². The van der Waals surface area contributed by atoms with E-state index in [1.54, 1.807) is 6.07 Å². The summed E-state index contributed by atoms with van der Waals surface area (Å²) in [5.74, 6) is 0. The number of nitriles is 1. The zero-order valence-electron chi connectivity index (χ0n) is 9.26. The molecule has 2 rings (SSSR count). The lowest BCUT2D eigenvalue weighted by Crippen LogP contribution is -2.44. The first kappa shape index (κ1) is 12.0. The summed E-state index contributed by atoms with van der Waals surface area (Å²) in [5.41, 5.74) is -0.936. The van der Waals surface area contributed by atoms with E-state index in [0.29, 0.717) is 12.8 Å². The Kier molecular flexibility index (Phi) is 3.13. The number of hydrogen-bond acceptors (Lipinski definition) is 4. The van der Waals surface area contributed by atoms with Gasteiger partial charge < -0.3 is 0 Å². The van der Waals surface area contributed by atoms with Crippen LogP contribution in [0.15, 0.2) is 29.4 Å². The summed E-state index contributed by atoms with van der Waals surface area (Å²) in [7, 11) is -3.65. The number of hydrogen-bond donors (Lipinski definition) is 1. The van der Waals surface area contributed by atoms with Crippen LogP contribution in [-0.2, 0) is 10.0 Å². The minimum Gasteiger partial charge on any atom is -0.263 e. The molecular formula is C11H13N3O2S. The van der Waals surface area contributed by atoms with Crippen LogP contribution in [-0.4, -0.2) is 18.9 Å². The van der Waals surface area contributed by atoms with E-state index in [9.17, 15) is 8.42 Å². The average molecular weight is 251 g/mol. The highest BCUT2D eigenvalue weighted by Gasteiger charge is 2.38. The van der Waals surface area contributed by atoms with E-state index in [0.717, 1.165) is 12.8 Å². The van der Waals surface area contributed by atoms with Crippen LogP contribution >= 0.6 is 0 Å². The first-order valence-corrected chi connectivity index (χ1v) is 6.92. The molecule has 1 N–H and O–H groups in total. The van der Waals surface area contributed by atoms with Gasteiger partial charge >= 0.3 is 0 Å². The molecule has 5 nitrogen and oxygen atoms in total. The maximum absolute atomic E-state index is 12.1. The summed E-state index contributed by atoms with van der Waals surface area (Å²) in [5, 5.41) is 9.13. The van der Waals surface area contributed by atoms with Crippen molar-refractivity contribution in [1.29, 1.82) is 5.26 Å². The second-order valence-corrected chi connectivity index (χ2v) is 5.88. The van der Waals surface area contributed by atoms with Crippen LogP contribution in [0.3, 0.4) is 0 Å². The summed E-state index contributed by atoms with van der Waals surface area (Å²) in [4.78, 5) is 3.87. The molecule has 0 bridgehead atoms. The number of nitrogens with zero attached hydrogens (tertiary/aromatic N) is 2. The highest BCUT2D eigenvalue weighted by Crippen LogP contribution is 2.30. The number of aromatic nitrogens is 1. The first-order valence-electron chi connectivity index (χ1n) is 5.43. The Labute approximate surface area is 101 Å².